The van der Waals surface area contributed by atoms with Gasteiger partial charge in [-0.2, -0.15) is 0 Å². The van der Waals surface area contributed by atoms with E-state index in [2.05, 4.69) is 0 Å². The maximum absolute atomic E-state index is 12.5. The van der Waals surface area contributed by atoms with Crippen molar-refractivity contribution in [3.63, 3.8) is 0 Å². The van der Waals surface area contributed by atoms with Gasteiger partial charge in [-0.3, -0.25) is 19.8 Å². The van der Waals surface area contributed by atoms with Gasteiger partial charge in [-0.25, -0.2) is 4.79 Å². The smallest absolute Gasteiger partial charge is 0.410 e. The number of nitro benzene ring substituents is 1. The number of fused-ring (bicyclic) bond motifs is 1. The predicted octanol–water partition coefficient (Wildman–Crippen LogP) is 2.73. The molecule has 1 aliphatic rings. The van der Waals surface area contributed by atoms with Gasteiger partial charge in [0, 0.05) is 30.4 Å². The monoisotopic (exact) mass is 355 g/mol. The lowest BCUT2D eigenvalue weighted by molar-refractivity contribution is -0.384. The number of rotatable bonds is 2. The molecule has 0 spiro atoms. The standard InChI is InChI=1S/C18H17N3O5/c1-19-15-9-8-13(21(24)25)10-14(15)17(12-6-4-3-5-7-12)20(11-16(19)22)18(23)26-2/h3-10,17H,11H2,1-2H3. The zero-order valence-corrected chi connectivity index (χ0v) is 14.3. The van der Waals surface area contributed by atoms with E-state index in [9.17, 15) is 19.7 Å². The van der Waals surface area contributed by atoms with Gasteiger partial charge in [0.1, 0.15) is 6.54 Å². The molecule has 26 heavy (non-hydrogen) atoms. The van der Waals surface area contributed by atoms with Crippen LogP contribution in [0.2, 0.25) is 0 Å². The first-order valence-electron chi connectivity index (χ1n) is 7.88. The van der Waals surface area contributed by atoms with Crippen LogP contribution >= 0.6 is 0 Å². The van der Waals surface area contributed by atoms with Crippen molar-refractivity contribution in [2.75, 3.05) is 25.6 Å². The van der Waals surface area contributed by atoms with Crippen molar-refractivity contribution in [1.29, 1.82) is 0 Å². The third kappa shape index (κ3) is 2.97. The van der Waals surface area contributed by atoms with Gasteiger partial charge in [0.15, 0.2) is 0 Å². The number of ether oxygens (including phenoxy) is 1. The third-order valence-corrected chi connectivity index (χ3v) is 4.39. The number of nitro groups is 1. The molecule has 0 N–H and O–H groups in total. The Kier molecular flexibility index (Phi) is 4.57. The van der Waals surface area contributed by atoms with E-state index in [4.69, 9.17) is 4.74 Å². The number of hydrogen-bond donors (Lipinski definition) is 0. The molecule has 134 valence electrons. The van der Waals surface area contributed by atoms with Gasteiger partial charge in [0.2, 0.25) is 5.91 Å². The molecule has 0 saturated heterocycles. The van der Waals surface area contributed by atoms with E-state index in [0.29, 0.717) is 11.3 Å². The fourth-order valence-corrected chi connectivity index (χ4v) is 3.11. The second-order valence-electron chi connectivity index (χ2n) is 5.86. The van der Waals surface area contributed by atoms with Gasteiger partial charge in [0.25, 0.3) is 5.69 Å². The van der Waals surface area contributed by atoms with Crippen molar-refractivity contribution in [3.05, 3.63) is 69.8 Å². The summed E-state index contributed by atoms with van der Waals surface area (Å²) in [5, 5.41) is 11.3. The van der Waals surface area contributed by atoms with E-state index in [1.807, 2.05) is 6.07 Å². The minimum atomic E-state index is -0.688. The Morgan fingerprint density at radius 1 is 1.23 bits per heavy atom. The highest BCUT2D eigenvalue weighted by Gasteiger charge is 2.37. The molecule has 0 fully saturated rings. The maximum atomic E-state index is 12.5. The van der Waals surface area contributed by atoms with Crippen LogP contribution in [0.15, 0.2) is 48.5 Å². The van der Waals surface area contributed by atoms with E-state index in [1.165, 1.54) is 35.1 Å². The summed E-state index contributed by atoms with van der Waals surface area (Å²) in [4.78, 5) is 38.4. The Hall–Kier alpha value is -3.42. The van der Waals surface area contributed by atoms with E-state index in [0.717, 1.165) is 5.56 Å². The normalized spacial score (nSPS) is 16.7. The lowest BCUT2D eigenvalue weighted by Gasteiger charge is -2.29. The molecule has 0 saturated carbocycles. The molecule has 0 radical (unpaired) electrons. The highest BCUT2D eigenvalue weighted by atomic mass is 16.6. The summed E-state index contributed by atoms with van der Waals surface area (Å²) in [5.41, 5.74) is 1.62. The molecule has 1 aliphatic heterocycles. The van der Waals surface area contributed by atoms with E-state index < -0.39 is 17.1 Å². The fraction of sp³-hybridized carbons (Fsp3) is 0.222. The minimum absolute atomic E-state index is 0.114. The number of anilines is 1. The number of hydrogen-bond acceptors (Lipinski definition) is 5. The average Bonchev–Trinajstić information content (AvgIpc) is 2.76. The van der Waals surface area contributed by atoms with Crippen LogP contribution in [0.4, 0.5) is 16.2 Å². The summed E-state index contributed by atoms with van der Waals surface area (Å²) in [7, 11) is 2.81. The van der Waals surface area contributed by atoms with Crippen molar-refractivity contribution in [3.8, 4) is 0 Å². The van der Waals surface area contributed by atoms with Crippen molar-refractivity contribution in [2.24, 2.45) is 0 Å². The lowest BCUT2D eigenvalue weighted by Crippen LogP contribution is -2.40. The Morgan fingerprint density at radius 2 is 1.92 bits per heavy atom. The SMILES string of the molecule is COC(=O)N1CC(=O)N(C)c2ccc([N+](=O)[O-])cc2C1c1ccccc1. The summed E-state index contributed by atoms with van der Waals surface area (Å²) >= 11 is 0. The van der Waals surface area contributed by atoms with Crippen LogP contribution in [0.1, 0.15) is 17.2 Å². The molecule has 8 nitrogen and oxygen atoms in total. The number of carbonyl (C=O) groups is 2. The van der Waals surface area contributed by atoms with Crippen LogP contribution in [0.5, 0.6) is 0 Å². The number of likely N-dealkylation sites (N-methyl/N-ethyl adjacent to an activating group) is 1. The molecule has 1 heterocycles. The van der Waals surface area contributed by atoms with Gasteiger partial charge in [-0.15, -0.1) is 0 Å². The molecule has 0 aromatic heterocycles. The molecular formula is C18H17N3O5. The first-order valence-corrected chi connectivity index (χ1v) is 7.88. The Bertz CT molecular complexity index is 868. The van der Waals surface area contributed by atoms with Crippen LogP contribution in [0.25, 0.3) is 0 Å². The summed E-state index contributed by atoms with van der Waals surface area (Å²) in [6.45, 7) is -0.203. The van der Waals surface area contributed by atoms with Gasteiger partial charge in [0.05, 0.1) is 18.1 Å². The quantitative estimate of drug-likeness (QED) is 0.610. The molecule has 0 bridgehead atoms. The second kappa shape index (κ2) is 6.83. The third-order valence-electron chi connectivity index (χ3n) is 4.39. The van der Waals surface area contributed by atoms with Crippen LogP contribution in [0, 0.1) is 10.1 Å². The van der Waals surface area contributed by atoms with Crippen molar-refractivity contribution in [2.45, 2.75) is 6.04 Å². The molecule has 3 rings (SSSR count). The van der Waals surface area contributed by atoms with Crippen LogP contribution in [-0.2, 0) is 9.53 Å². The fourth-order valence-electron chi connectivity index (χ4n) is 3.11. The first-order chi connectivity index (χ1) is 12.4. The van der Waals surface area contributed by atoms with Gasteiger partial charge in [-0.05, 0) is 11.6 Å². The number of benzene rings is 2. The Balaban J connectivity index is 2.28. The van der Waals surface area contributed by atoms with Gasteiger partial charge in [-0.1, -0.05) is 30.3 Å². The van der Waals surface area contributed by atoms with E-state index in [1.54, 1.807) is 31.3 Å². The molecular weight excluding hydrogens is 338 g/mol. The molecule has 0 aliphatic carbocycles. The molecule has 1 unspecified atom stereocenters. The second-order valence-corrected chi connectivity index (χ2v) is 5.86. The number of nitrogens with zero attached hydrogens (tertiary/aromatic N) is 3. The average molecular weight is 355 g/mol. The summed E-state index contributed by atoms with van der Waals surface area (Å²) in [6.07, 6.45) is -0.681. The number of carbonyl (C=O) groups excluding carboxylic acids is 2. The molecule has 1 atom stereocenters. The molecule has 8 heteroatoms. The lowest BCUT2D eigenvalue weighted by atomic mass is 9.95. The van der Waals surface area contributed by atoms with E-state index in [-0.39, 0.29) is 18.1 Å². The molecule has 2 aromatic carbocycles. The Labute approximate surface area is 149 Å². The molecule has 2 amide bonds. The van der Waals surface area contributed by atoms with Crippen molar-refractivity contribution < 1.29 is 19.2 Å². The topological polar surface area (TPSA) is 93.0 Å². The molecule has 2 aromatic rings. The predicted molar refractivity (Wildman–Crippen MR) is 93.9 cm³/mol. The summed E-state index contributed by atoms with van der Waals surface area (Å²) in [5.74, 6) is -0.316. The van der Waals surface area contributed by atoms with Gasteiger partial charge < -0.3 is 9.64 Å². The number of non-ortho nitro benzene ring substituents is 1. The van der Waals surface area contributed by atoms with Crippen LogP contribution < -0.4 is 4.90 Å². The van der Waals surface area contributed by atoms with E-state index >= 15 is 0 Å². The Morgan fingerprint density at radius 3 is 2.54 bits per heavy atom. The maximum Gasteiger partial charge on any atom is 0.410 e. The van der Waals surface area contributed by atoms with Gasteiger partial charge >= 0.3 is 6.09 Å². The summed E-state index contributed by atoms with van der Waals surface area (Å²) in [6, 6.07) is 12.6. The van der Waals surface area contributed by atoms with Crippen molar-refractivity contribution >= 4 is 23.4 Å². The van der Waals surface area contributed by atoms with Crippen LogP contribution in [-0.4, -0.2) is 42.5 Å². The largest absolute Gasteiger partial charge is 0.453 e. The highest BCUT2D eigenvalue weighted by molar-refractivity contribution is 5.98. The number of methoxy groups -OCH3 is 1. The van der Waals surface area contributed by atoms with Crippen LogP contribution in [0.3, 0.4) is 0 Å². The summed E-state index contributed by atoms with van der Waals surface area (Å²) < 4.78 is 4.86. The first kappa shape index (κ1) is 17.4. The zero-order chi connectivity index (χ0) is 18.8. The minimum Gasteiger partial charge on any atom is -0.453 e. The van der Waals surface area contributed by atoms with Crippen molar-refractivity contribution in [1.82, 2.24) is 4.90 Å². The zero-order valence-electron chi connectivity index (χ0n) is 14.3. The number of amides is 2. The highest BCUT2D eigenvalue weighted by Crippen LogP contribution is 2.39.